The minimum atomic E-state index is -3.72. The molecule has 0 unspecified atom stereocenters. The Kier molecular flexibility index (Phi) is 6.41. The zero-order chi connectivity index (χ0) is 21.0. The van der Waals surface area contributed by atoms with Crippen molar-refractivity contribution in [3.63, 3.8) is 0 Å². The zero-order valence-electron chi connectivity index (χ0n) is 16.4. The summed E-state index contributed by atoms with van der Waals surface area (Å²) in [6.45, 7) is 2.84. The van der Waals surface area contributed by atoms with Crippen LogP contribution in [-0.2, 0) is 14.8 Å². The highest BCUT2D eigenvalue weighted by Crippen LogP contribution is 2.30. The Morgan fingerprint density at radius 2 is 1.86 bits per heavy atom. The molecule has 1 heterocycles. The smallest absolute Gasteiger partial charge is 0.238 e. The van der Waals surface area contributed by atoms with Gasteiger partial charge >= 0.3 is 0 Å². The molecule has 0 aliphatic carbocycles. The van der Waals surface area contributed by atoms with E-state index in [1.807, 2.05) is 43.1 Å². The van der Waals surface area contributed by atoms with E-state index in [0.717, 1.165) is 5.56 Å². The fourth-order valence-electron chi connectivity index (χ4n) is 3.00. The molecule has 156 valence electrons. The lowest BCUT2D eigenvalue weighted by Crippen LogP contribution is -2.44. The van der Waals surface area contributed by atoms with E-state index >= 15 is 0 Å². The van der Waals surface area contributed by atoms with Gasteiger partial charge in [-0.2, -0.15) is 0 Å². The van der Waals surface area contributed by atoms with Crippen LogP contribution in [0.1, 0.15) is 18.5 Å². The molecule has 0 aromatic heterocycles. The van der Waals surface area contributed by atoms with E-state index in [1.165, 1.54) is 12.1 Å². The van der Waals surface area contributed by atoms with Crippen LogP contribution >= 0.6 is 0 Å². The topological polar surface area (TPSA) is 111 Å². The minimum Gasteiger partial charge on any atom is -0.486 e. The number of sulfonamides is 1. The van der Waals surface area contributed by atoms with Crippen LogP contribution in [0.15, 0.2) is 53.4 Å². The number of nitrogens with zero attached hydrogens (tertiary/aromatic N) is 1. The van der Waals surface area contributed by atoms with Gasteiger partial charge < -0.3 is 14.8 Å². The normalized spacial score (nSPS) is 17.0. The monoisotopic (exact) mass is 419 g/mol. The number of carbonyl (C=O) groups excluding carboxylic acids is 1. The van der Waals surface area contributed by atoms with Crippen molar-refractivity contribution in [2.45, 2.75) is 24.0 Å². The number of hydrogen-bond acceptors (Lipinski definition) is 6. The number of para-hydroxylation sites is 2. The maximum atomic E-state index is 12.3. The standard InChI is InChI=1S/C20H25N3O5S/c1-14(15-7-9-17(10-8-15)29(21,25)26)23(2)12-20(24)22-11-16-13-27-18-5-3-4-6-19(18)28-16/h3-10,14,16H,11-13H2,1-2H3,(H,22,24)(H2,21,25,26)/t14-,16+/m0/s1. The molecule has 0 saturated heterocycles. The molecule has 0 fully saturated rings. The second-order valence-electron chi connectivity index (χ2n) is 7.01. The average Bonchev–Trinajstić information content (AvgIpc) is 2.71. The molecule has 0 radical (unpaired) electrons. The van der Waals surface area contributed by atoms with Crippen LogP contribution in [0, 0.1) is 0 Å². The lowest BCUT2D eigenvalue weighted by molar-refractivity contribution is -0.122. The van der Waals surface area contributed by atoms with E-state index in [0.29, 0.717) is 24.7 Å². The van der Waals surface area contributed by atoms with Crippen LogP contribution in [0.5, 0.6) is 11.5 Å². The first-order chi connectivity index (χ1) is 13.7. The van der Waals surface area contributed by atoms with Crippen molar-refractivity contribution in [3.8, 4) is 11.5 Å². The second-order valence-corrected chi connectivity index (χ2v) is 8.57. The Balaban J connectivity index is 1.49. The molecule has 0 spiro atoms. The summed E-state index contributed by atoms with van der Waals surface area (Å²) in [5, 5.41) is 7.99. The number of nitrogens with one attached hydrogen (secondary N) is 1. The summed E-state index contributed by atoms with van der Waals surface area (Å²) in [4.78, 5) is 14.2. The van der Waals surface area contributed by atoms with Crippen LogP contribution in [-0.4, -0.2) is 52.1 Å². The molecule has 2 aromatic carbocycles. The van der Waals surface area contributed by atoms with Gasteiger partial charge in [-0.05, 0) is 43.8 Å². The zero-order valence-corrected chi connectivity index (χ0v) is 17.2. The molecule has 1 amide bonds. The summed E-state index contributed by atoms with van der Waals surface area (Å²) in [7, 11) is -1.89. The van der Waals surface area contributed by atoms with Crippen molar-refractivity contribution in [1.29, 1.82) is 0 Å². The van der Waals surface area contributed by atoms with Gasteiger partial charge in [-0.15, -0.1) is 0 Å². The molecule has 8 nitrogen and oxygen atoms in total. The summed E-state index contributed by atoms with van der Waals surface area (Å²) in [6.07, 6.45) is -0.248. The quantitative estimate of drug-likeness (QED) is 0.700. The van der Waals surface area contributed by atoms with E-state index in [-0.39, 0.29) is 29.5 Å². The molecule has 3 rings (SSSR count). The van der Waals surface area contributed by atoms with Crippen molar-refractivity contribution in [3.05, 3.63) is 54.1 Å². The van der Waals surface area contributed by atoms with E-state index in [1.54, 1.807) is 12.1 Å². The Labute approximate surface area is 170 Å². The lowest BCUT2D eigenvalue weighted by Gasteiger charge is -2.27. The number of fused-ring (bicyclic) bond motifs is 1. The molecule has 9 heteroatoms. The number of carbonyl (C=O) groups is 1. The predicted molar refractivity (Wildman–Crippen MR) is 108 cm³/mol. The largest absolute Gasteiger partial charge is 0.486 e. The molecular weight excluding hydrogens is 394 g/mol. The number of primary sulfonamides is 1. The van der Waals surface area contributed by atoms with Crippen LogP contribution in [0.3, 0.4) is 0 Å². The predicted octanol–water partition coefficient (Wildman–Crippen LogP) is 1.28. The third-order valence-electron chi connectivity index (χ3n) is 4.84. The van der Waals surface area contributed by atoms with Crippen LogP contribution in [0.4, 0.5) is 0 Å². The van der Waals surface area contributed by atoms with Gasteiger partial charge in [0.05, 0.1) is 18.0 Å². The Hall–Kier alpha value is -2.62. The molecule has 1 aliphatic rings. The summed E-state index contributed by atoms with van der Waals surface area (Å²) in [6, 6.07) is 13.7. The SMILES string of the molecule is C[C@@H](c1ccc(S(N)(=O)=O)cc1)N(C)CC(=O)NC[C@@H]1COc2ccccc2O1. The van der Waals surface area contributed by atoms with Gasteiger partial charge in [0, 0.05) is 6.04 Å². The molecule has 0 saturated carbocycles. The minimum absolute atomic E-state index is 0.0603. The van der Waals surface area contributed by atoms with Gasteiger partial charge in [-0.1, -0.05) is 24.3 Å². The van der Waals surface area contributed by atoms with Crippen LogP contribution in [0.2, 0.25) is 0 Å². The van der Waals surface area contributed by atoms with Crippen LogP contribution < -0.4 is 19.9 Å². The van der Waals surface area contributed by atoms with Gasteiger partial charge in [-0.25, -0.2) is 13.6 Å². The van der Waals surface area contributed by atoms with Crippen molar-refractivity contribution in [2.24, 2.45) is 5.14 Å². The Morgan fingerprint density at radius 1 is 1.21 bits per heavy atom. The van der Waals surface area contributed by atoms with Crippen molar-refractivity contribution >= 4 is 15.9 Å². The summed E-state index contributed by atoms with van der Waals surface area (Å²) in [5.74, 6) is 1.24. The van der Waals surface area contributed by atoms with Gasteiger partial charge in [0.2, 0.25) is 15.9 Å². The van der Waals surface area contributed by atoms with E-state index < -0.39 is 10.0 Å². The number of nitrogens with two attached hydrogens (primary N) is 1. The van der Waals surface area contributed by atoms with E-state index in [9.17, 15) is 13.2 Å². The molecule has 1 aliphatic heterocycles. The number of rotatable bonds is 7. The van der Waals surface area contributed by atoms with Gasteiger partial charge in [0.1, 0.15) is 12.7 Å². The maximum Gasteiger partial charge on any atom is 0.238 e. The number of benzene rings is 2. The Morgan fingerprint density at radius 3 is 2.52 bits per heavy atom. The molecule has 0 bridgehead atoms. The first-order valence-electron chi connectivity index (χ1n) is 9.22. The highest BCUT2D eigenvalue weighted by molar-refractivity contribution is 7.89. The number of hydrogen-bond donors (Lipinski definition) is 2. The molecule has 2 aromatic rings. The number of likely N-dealkylation sites (N-methyl/N-ethyl adjacent to an activating group) is 1. The third kappa shape index (κ3) is 5.47. The fourth-order valence-corrected chi connectivity index (χ4v) is 3.52. The van der Waals surface area contributed by atoms with Crippen molar-refractivity contribution in [2.75, 3.05) is 26.7 Å². The highest BCUT2D eigenvalue weighted by atomic mass is 32.2. The average molecular weight is 420 g/mol. The highest BCUT2D eigenvalue weighted by Gasteiger charge is 2.22. The fraction of sp³-hybridized carbons (Fsp3) is 0.350. The summed E-state index contributed by atoms with van der Waals surface area (Å²) < 4.78 is 34.2. The maximum absolute atomic E-state index is 12.3. The van der Waals surface area contributed by atoms with E-state index in [2.05, 4.69) is 5.32 Å². The Bertz CT molecular complexity index is 962. The number of amides is 1. The van der Waals surface area contributed by atoms with Gasteiger partial charge in [0.25, 0.3) is 0 Å². The van der Waals surface area contributed by atoms with Crippen molar-refractivity contribution in [1.82, 2.24) is 10.2 Å². The first kappa shape index (κ1) is 21.1. The molecule has 3 N–H and O–H groups in total. The molecule has 2 atom stereocenters. The summed E-state index contributed by atoms with van der Waals surface area (Å²) >= 11 is 0. The van der Waals surface area contributed by atoms with Gasteiger partial charge in [-0.3, -0.25) is 9.69 Å². The van der Waals surface area contributed by atoms with Crippen molar-refractivity contribution < 1.29 is 22.7 Å². The number of ether oxygens (including phenoxy) is 2. The molecular formula is C20H25N3O5S. The van der Waals surface area contributed by atoms with Crippen LogP contribution in [0.25, 0.3) is 0 Å². The van der Waals surface area contributed by atoms with Gasteiger partial charge in [0.15, 0.2) is 11.5 Å². The lowest BCUT2D eigenvalue weighted by atomic mass is 10.1. The first-order valence-corrected chi connectivity index (χ1v) is 10.8. The molecule has 29 heavy (non-hydrogen) atoms. The third-order valence-corrected chi connectivity index (χ3v) is 5.77. The van der Waals surface area contributed by atoms with E-state index in [4.69, 9.17) is 14.6 Å². The summed E-state index contributed by atoms with van der Waals surface area (Å²) in [5.41, 5.74) is 0.883. The second kappa shape index (κ2) is 8.81.